The van der Waals surface area contributed by atoms with Gasteiger partial charge in [-0.15, -0.1) is 0 Å². The van der Waals surface area contributed by atoms with Crippen LogP contribution in [-0.4, -0.2) is 9.97 Å². The van der Waals surface area contributed by atoms with Crippen molar-refractivity contribution in [1.29, 1.82) is 0 Å². The molecule has 6 aromatic rings. The molecule has 34 heavy (non-hydrogen) atoms. The maximum Gasteiger partial charge on any atom is 0.151 e. The predicted molar refractivity (Wildman–Crippen MR) is 137 cm³/mol. The molecule has 2 aromatic heterocycles. The van der Waals surface area contributed by atoms with Crippen molar-refractivity contribution in [2.75, 3.05) is 4.90 Å². The quantitative estimate of drug-likeness (QED) is 0.257. The van der Waals surface area contributed by atoms with E-state index in [0.717, 1.165) is 55.9 Å². The van der Waals surface area contributed by atoms with Gasteiger partial charge < -0.3 is 9.64 Å². The van der Waals surface area contributed by atoms with Crippen molar-refractivity contribution in [2.24, 2.45) is 0 Å². The molecule has 4 nitrogen and oxygen atoms in total. The topological polar surface area (TPSA) is 38.2 Å². The van der Waals surface area contributed by atoms with E-state index >= 15 is 0 Å². The Bertz CT molecular complexity index is 1650. The molecule has 3 heterocycles. The second kappa shape index (κ2) is 7.42. The van der Waals surface area contributed by atoms with E-state index in [2.05, 4.69) is 65.6 Å². The summed E-state index contributed by atoms with van der Waals surface area (Å²) >= 11 is 0. The minimum Gasteiger partial charge on any atom is -0.453 e. The number of para-hydroxylation sites is 4. The van der Waals surface area contributed by atoms with E-state index in [0.29, 0.717) is 0 Å². The number of rotatable bonds is 2. The molecule has 0 amide bonds. The van der Waals surface area contributed by atoms with E-state index in [1.807, 2.05) is 54.9 Å². The van der Waals surface area contributed by atoms with Gasteiger partial charge in [0, 0.05) is 23.2 Å². The Morgan fingerprint density at radius 3 is 1.82 bits per heavy atom. The molecule has 0 N–H and O–H groups in total. The van der Waals surface area contributed by atoms with Gasteiger partial charge in [-0.05, 0) is 53.6 Å². The van der Waals surface area contributed by atoms with Crippen LogP contribution in [0.2, 0.25) is 0 Å². The Labute approximate surface area is 196 Å². The molecule has 0 spiro atoms. The van der Waals surface area contributed by atoms with Crippen LogP contribution < -0.4 is 9.64 Å². The third-order valence-corrected chi connectivity index (χ3v) is 6.36. The van der Waals surface area contributed by atoms with Crippen LogP contribution in [0.25, 0.3) is 32.9 Å². The fourth-order valence-corrected chi connectivity index (χ4v) is 4.84. The average molecular weight is 438 g/mol. The first-order valence-electron chi connectivity index (χ1n) is 11.3. The second-order valence-corrected chi connectivity index (χ2v) is 8.29. The molecule has 0 saturated carbocycles. The SMILES string of the molecule is c1ccc(-c2ccnc3c2ccc2c(N4c5ccccc5Oc5ccccc54)ccnc23)cc1. The summed E-state index contributed by atoms with van der Waals surface area (Å²) in [5.74, 6) is 1.66. The number of fused-ring (bicyclic) bond motifs is 5. The molecule has 0 aliphatic carbocycles. The molecule has 1 aliphatic rings. The summed E-state index contributed by atoms with van der Waals surface area (Å²) in [6, 6.07) is 35.1. The lowest BCUT2D eigenvalue weighted by molar-refractivity contribution is 0.477. The van der Waals surface area contributed by atoms with Crippen LogP contribution in [0.15, 0.2) is 116 Å². The first-order chi connectivity index (χ1) is 16.9. The molecule has 0 atom stereocenters. The van der Waals surface area contributed by atoms with Crippen molar-refractivity contribution in [2.45, 2.75) is 0 Å². The Hall–Kier alpha value is -4.70. The van der Waals surface area contributed by atoms with E-state index in [1.54, 1.807) is 0 Å². The molecule has 4 heteroatoms. The van der Waals surface area contributed by atoms with Crippen LogP contribution in [0.3, 0.4) is 0 Å². The molecular weight excluding hydrogens is 418 g/mol. The highest BCUT2D eigenvalue weighted by Gasteiger charge is 2.26. The third-order valence-electron chi connectivity index (χ3n) is 6.36. The first kappa shape index (κ1) is 18.8. The Morgan fingerprint density at radius 1 is 0.500 bits per heavy atom. The normalized spacial score (nSPS) is 12.3. The monoisotopic (exact) mass is 437 g/mol. The van der Waals surface area contributed by atoms with Crippen LogP contribution >= 0.6 is 0 Å². The largest absolute Gasteiger partial charge is 0.453 e. The fraction of sp³-hybridized carbons (Fsp3) is 0. The molecule has 0 unspecified atom stereocenters. The van der Waals surface area contributed by atoms with E-state index < -0.39 is 0 Å². The molecule has 4 aromatic carbocycles. The van der Waals surface area contributed by atoms with Gasteiger partial charge in [0.25, 0.3) is 0 Å². The summed E-state index contributed by atoms with van der Waals surface area (Å²) in [4.78, 5) is 11.8. The van der Waals surface area contributed by atoms with E-state index in [4.69, 9.17) is 14.7 Å². The molecule has 0 fully saturated rings. The number of aromatic nitrogens is 2. The Balaban J connectivity index is 1.51. The van der Waals surface area contributed by atoms with Crippen molar-refractivity contribution in [3.05, 3.63) is 116 Å². The minimum atomic E-state index is 0.830. The van der Waals surface area contributed by atoms with Gasteiger partial charge in [-0.2, -0.15) is 0 Å². The highest BCUT2D eigenvalue weighted by atomic mass is 16.5. The van der Waals surface area contributed by atoms with Gasteiger partial charge in [0.15, 0.2) is 11.5 Å². The van der Waals surface area contributed by atoms with Crippen LogP contribution in [0, 0.1) is 0 Å². The average Bonchev–Trinajstić information content (AvgIpc) is 2.91. The van der Waals surface area contributed by atoms with Crippen LogP contribution in [-0.2, 0) is 0 Å². The lowest BCUT2D eigenvalue weighted by Crippen LogP contribution is -2.16. The van der Waals surface area contributed by atoms with Crippen LogP contribution in [0.4, 0.5) is 17.1 Å². The fourth-order valence-electron chi connectivity index (χ4n) is 4.84. The zero-order chi connectivity index (χ0) is 22.5. The van der Waals surface area contributed by atoms with Gasteiger partial charge in [0.1, 0.15) is 0 Å². The van der Waals surface area contributed by atoms with Crippen molar-refractivity contribution in [1.82, 2.24) is 9.97 Å². The summed E-state index contributed by atoms with van der Waals surface area (Å²) in [5, 5.41) is 2.13. The number of pyridine rings is 2. The molecule has 1 aliphatic heterocycles. The first-order valence-corrected chi connectivity index (χ1v) is 11.3. The molecule has 7 rings (SSSR count). The zero-order valence-corrected chi connectivity index (χ0v) is 18.2. The Kier molecular flexibility index (Phi) is 4.11. The summed E-state index contributed by atoms with van der Waals surface area (Å²) in [5.41, 5.74) is 7.15. The lowest BCUT2D eigenvalue weighted by Gasteiger charge is -2.33. The van der Waals surface area contributed by atoms with Crippen LogP contribution in [0.1, 0.15) is 0 Å². The van der Waals surface area contributed by atoms with Crippen molar-refractivity contribution >= 4 is 38.9 Å². The van der Waals surface area contributed by atoms with Gasteiger partial charge in [0.2, 0.25) is 0 Å². The minimum absolute atomic E-state index is 0.830. The third kappa shape index (κ3) is 2.79. The van der Waals surface area contributed by atoms with Gasteiger partial charge >= 0.3 is 0 Å². The highest BCUT2D eigenvalue weighted by molar-refractivity contribution is 6.12. The number of anilines is 3. The predicted octanol–water partition coefficient (Wildman–Crippen LogP) is 8.03. The van der Waals surface area contributed by atoms with E-state index in [1.165, 1.54) is 5.56 Å². The molecular formula is C30H19N3O. The zero-order valence-electron chi connectivity index (χ0n) is 18.2. The molecule has 160 valence electrons. The Morgan fingerprint density at radius 2 is 1.09 bits per heavy atom. The maximum atomic E-state index is 6.21. The second-order valence-electron chi connectivity index (χ2n) is 8.29. The van der Waals surface area contributed by atoms with Gasteiger partial charge in [0.05, 0.1) is 28.1 Å². The summed E-state index contributed by atoms with van der Waals surface area (Å²) in [6.45, 7) is 0. The summed E-state index contributed by atoms with van der Waals surface area (Å²) in [7, 11) is 0. The van der Waals surface area contributed by atoms with Crippen molar-refractivity contribution < 1.29 is 4.74 Å². The highest BCUT2D eigenvalue weighted by Crippen LogP contribution is 2.51. The molecule has 0 radical (unpaired) electrons. The number of hydrogen-bond acceptors (Lipinski definition) is 4. The van der Waals surface area contributed by atoms with Crippen molar-refractivity contribution in [3.8, 4) is 22.6 Å². The smallest absolute Gasteiger partial charge is 0.151 e. The lowest BCUT2D eigenvalue weighted by atomic mass is 9.99. The van der Waals surface area contributed by atoms with Crippen LogP contribution in [0.5, 0.6) is 11.5 Å². The van der Waals surface area contributed by atoms with E-state index in [9.17, 15) is 0 Å². The van der Waals surface area contributed by atoms with E-state index in [-0.39, 0.29) is 0 Å². The summed E-state index contributed by atoms with van der Waals surface area (Å²) < 4.78 is 6.21. The number of nitrogens with zero attached hydrogens (tertiary/aromatic N) is 3. The maximum absolute atomic E-state index is 6.21. The number of ether oxygens (including phenoxy) is 1. The molecule has 0 bridgehead atoms. The van der Waals surface area contributed by atoms with Crippen molar-refractivity contribution in [3.63, 3.8) is 0 Å². The number of benzene rings is 4. The number of hydrogen-bond donors (Lipinski definition) is 0. The molecule has 0 saturated heterocycles. The van der Waals surface area contributed by atoms with Gasteiger partial charge in [-0.1, -0.05) is 60.7 Å². The standard InChI is InChI=1S/C30H19N3O/c1-2-8-20(9-3-1)21-16-18-31-29-22(21)14-15-23-24(17-19-32-30(23)29)33-25-10-4-6-12-27(25)34-28-13-7-5-11-26(28)33/h1-19H. The van der Waals surface area contributed by atoms with Gasteiger partial charge in [-0.3, -0.25) is 9.97 Å². The van der Waals surface area contributed by atoms with Gasteiger partial charge in [-0.25, -0.2) is 0 Å². The summed E-state index contributed by atoms with van der Waals surface area (Å²) in [6.07, 6.45) is 3.74.